The van der Waals surface area contributed by atoms with Crippen LogP contribution in [0.5, 0.6) is 0 Å². The fraction of sp³-hybridized carbons (Fsp3) is 0.385. The van der Waals surface area contributed by atoms with E-state index >= 15 is 4.39 Å². The summed E-state index contributed by atoms with van der Waals surface area (Å²) < 4.78 is 173. The number of carbonyl (C=O) groups is 2. The largest absolute Gasteiger partial charge is 0.417 e. The normalized spacial score (nSPS) is 14.8. The van der Waals surface area contributed by atoms with Crippen molar-refractivity contribution in [2.24, 2.45) is 5.92 Å². The summed E-state index contributed by atoms with van der Waals surface area (Å²) in [5.74, 6) is -9.06. The van der Waals surface area contributed by atoms with Gasteiger partial charge in [-0.25, -0.2) is 4.39 Å². The van der Waals surface area contributed by atoms with Gasteiger partial charge in [0.2, 0.25) is 5.91 Å². The van der Waals surface area contributed by atoms with Crippen LogP contribution in [-0.2, 0) is 17.4 Å². The van der Waals surface area contributed by atoms with Crippen molar-refractivity contribution in [2.75, 3.05) is 6.54 Å². The van der Waals surface area contributed by atoms with Crippen LogP contribution in [-0.4, -0.2) is 36.8 Å². The first kappa shape index (κ1) is 35.9. The monoisotopic (exact) mass is 659 g/mol. The second-order valence-corrected chi connectivity index (χ2v) is 9.77. The Morgan fingerprint density at radius 1 is 0.884 bits per heavy atom. The minimum Gasteiger partial charge on any atom is -0.347 e. The molecule has 0 fully saturated rings. The average Bonchev–Trinajstić information content (AvgIpc) is 2.81. The minimum absolute atomic E-state index is 0.00788. The Balaban J connectivity index is 2.48. The zero-order valence-electron chi connectivity index (χ0n) is 21.4. The fourth-order valence-corrected chi connectivity index (χ4v) is 4.09. The molecule has 0 bridgehead atoms. The number of hydrogen-bond donors (Lipinski definition) is 1. The second-order valence-electron chi connectivity index (χ2n) is 9.34. The predicted molar refractivity (Wildman–Crippen MR) is 128 cm³/mol. The second kappa shape index (κ2) is 13.1. The van der Waals surface area contributed by atoms with E-state index in [1.54, 1.807) is 0 Å². The zero-order chi connectivity index (χ0) is 33.1. The molecule has 3 nitrogen and oxygen atoms in total. The van der Waals surface area contributed by atoms with Crippen molar-refractivity contribution in [3.05, 3.63) is 75.3 Å². The van der Waals surface area contributed by atoms with Crippen LogP contribution >= 0.6 is 11.6 Å². The van der Waals surface area contributed by atoms with Gasteiger partial charge < -0.3 is 5.32 Å². The van der Waals surface area contributed by atoms with Crippen LogP contribution in [0.3, 0.4) is 0 Å². The number of ketones is 1. The Labute approximate surface area is 239 Å². The average molecular weight is 660 g/mol. The lowest BCUT2D eigenvalue weighted by Gasteiger charge is -2.20. The van der Waals surface area contributed by atoms with Crippen LogP contribution in [0.15, 0.2) is 42.5 Å². The zero-order valence-corrected chi connectivity index (χ0v) is 22.2. The van der Waals surface area contributed by atoms with E-state index in [4.69, 9.17) is 11.6 Å². The molecule has 0 aliphatic carbocycles. The molecule has 0 saturated heterocycles. The van der Waals surface area contributed by atoms with Gasteiger partial charge in [0.05, 0.1) is 12.0 Å². The smallest absolute Gasteiger partial charge is 0.347 e. The van der Waals surface area contributed by atoms with Crippen LogP contribution in [0.4, 0.5) is 57.1 Å². The van der Waals surface area contributed by atoms with E-state index in [0.717, 1.165) is 13.0 Å². The Kier molecular flexibility index (Phi) is 11.0. The van der Waals surface area contributed by atoms with Gasteiger partial charge in [-0.15, -0.1) is 0 Å². The molecule has 0 aromatic heterocycles. The summed E-state index contributed by atoms with van der Waals surface area (Å²) in [5, 5.41) is 0.906. The molecule has 238 valence electrons. The van der Waals surface area contributed by atoms with Gasteiger partial charge in [0.1, 0.15) is 18.3 Å². The van der Waals surface area contributed by atoms with Crippen LogP contribution in [0, 0.1) is 5.92 Å². The highest BCUT2D eigenvalue weighted by atomic mass is 35.5. The highest BCUT2D eigenvalue weighted by Gasteiger charge is 2.41. The minimum atomic E-state index is -5.38. The van der Waals surface area contributed by atoms with Crippen LogP contribution in [0.1, 0.15) is 51.9 Å². The summed E-state index contributed by atoms with van der Waals surface area (Å²) in [4.78, 5) is 24.3. The molecule has 0 heterocycles. The van der Waals surface area contributed by atoms with Gasteiger partial charge in [0.15, 0.2) is 5.78 Å². The maximum atomic E-state index is 15.0. The number of halogens is 14. The predicted octanol–water partition coefficient (Wildman–Crippen LogP) is 9.01. The third-order valence-corrected chi connectivity index (χ3v) is 5.93. The lowest BCUT2D eigenvalue weighted by molar-refractivity contribution is -0.140. The molecule has 0 spiro atoms. The molecule has 1 N–H and O–H groups in total. The van der Waals surface area contributed by atoms with E-state index in [9.17, 15) is 62.3 Å². The summed E-state index contributed by atoms with van der Waals surface area (Å²) in [6, 6.07) is 2.75. The number of hydrogen-bond acceptors (Lipinski definition) is 2. The van der Waals surface area contributed by atoms with Crippen molar-refractivity contribution in [3.63, 3.8) is 0 Å². The summed E-state index contributed by atoms with van der Waals surface area (Å²) in [7, 11) is 0. The van der Waals surface area contributed by atoms with Crippen molar-refractivity contribution in [1.29, 1.82) is 0 Å². The van der Waals surface area contributed by atoms with Crippen LogP contribution < -0.4 is 5.32 Å². The third kappa shape index (κ3) is 11.0. The molecule has 1 unspecified atom stereocenters. The van der Waals surface area contributed by atoms with Crippen molar-refractivity contribution in [1.82, 2.24) is 5.32 Å². The molecule has 17 heteroatoms. The van der Waals surface area contributed by atoms with Gasteiger partial charge >= 0.3 is 24.7 Å². The lowest BCUT2D eigenvalue weighted by Crippen LogP contribution is -2.37. The van der Waals surface area contributed by atoms with Gasteiger partial charge in [-0.1, -0.05) is 36.7 Å². The van der Waals surface area contributed by atoms with Crippen molar-refractivity contribution in [3.8, 4) is 0 Å². The third-order valence-electron chi connectivity index (χ3n) is 5.71. The van der Waals surface area contributed by atoms with Crippen molar-refractivity contribution in [2.45, 2.75) is 50.4 Å². The molecule has 0 saturated carbocycles. The number of rotatable bonds is 9. The maximum absolute atomic E-state index is 15.0. The summed E-state index contributed by atoms with van der Waals surface area (Å²) >= 11 is 5.66. The van der Waals surface area contributed by atoms with Gasteiger partial charge in [0.25, 0.3) is 0 Å². The number of carbonyl (C=O) groups excluding carboxylic acids is 2. The molecule has 1 amide bonds. The standard InChI is InChI=1S/C26H19ClF13NO2/c1-12(22(43)41-11-24(32,33)34)4-21(42)17-3-2-14(8-19(17)26(38,39)40)20(28)9-18(25(35,36)37)15-5-13(6-16(27)7-15)10-23(29,30)31/h2-3,5-9,12,18H,4,10-11H2,1H3,(H,41,43)/b20-9-/t12-,18?/m0/s1. The summed E-state index contributed by atoms with van der Waals surface area (Å²) in [6.07, 6.45) is -23.2. The number of nitrogens with one attached hydrogen (secondary N) is 1. The molecule has 2 aromatic carbocycles. The number of amides is 1. The van der Waals surface area contributed by atoms with Crippen LogP contribution in [0.2, 0.25) is 5.02 Å². The first-order valence-corrected chi connectivity index (χ1v) is 12.1. The van der Waals surface area contributed by atoms with Crippen molar-refractivity contribution < 1.29 is 66.7 Å². The maximum Gasteiger partial charge on any atom is 0.417 e. The Morgan fingerprint density at radius 2 is 1.49 bits per heavy atom. The molecule has 0 radical (unpaired) electrons. The number of alkyl halides is 12. The number of allylic oxidation sites excluding steroid dienone is 1. The van der Waals surface area contributed by atoms with Gasteiger partial charge in [0, 0.05) is 28.5 Å². The molecular weight excluding hydrogens is 641 g/mol. The highest BCUT2D eigenvalue weighted by molar-refractivity contribution is 6.30. The molecule has 2 rings (SSSR count). The SMILES string of the molecule is C[C@@H](CC(=O)c1ccc(/C(F)=C/C(c2cc(Cl)cc(CC(F)(F)F)c2)C(F)(F)F)cc1C(F)(F)F)C(=O)NCC(F)(F)F. The Bertz CT molecular complexity index is 1360. The van der Waals surface area contributed by atoms with Crippen LogP contribution in [0.25, 0.3) is 5.83 Å². The van der Waals surface area contributed by atoms with Gasteiger partial charge in [-0.2, -0.15) is 52.7 Å². The Morgan fingerprint density at radius 3 is 2.00 bits per heavy atom. The van der Waals surface area contributed by atoms with E-state index in [1.165, 1.54) is 5.32 Å². The molecule has 0 aliphatic rings. The molecular formula is C26H19ClF13NO2. The molecule has 0 aliphatic heterocycles. The van der Waals surface area contributed by atoms with E-state index in [0.29, 0.717) is 24.3 Å². The fourth-order valence-electron chi connectivity index (χ4n) is 3.82. The number of benzene rings is 2. The lowest BCUT2D eigenvalue weighted by atomic mass is 9.92. The van der Waals surface area contributed by atoms with Gasteiger partial charge in [-0.05, 0) is 35.4 Å². The first-order chi connectivity index (χ1) is 19.4. The topological polar surface area (TPSA) is 46.2 Å². The molecule has 2 atom stereocenters. The molecule has 43 heavy (non-hydrogen) atoms. The summed E-state index contributed by atoms with van der Waals surface area (Å²) in [5.41, 5.74) is -5.68. The van der Waals surface area contributed by atoms with Crippen molar-refractivity contribution >= 4 is 29.1 Å². The highest BCUT2D eigenvalue weighted by Crippen LogP contribution is 2.41. The first-order valence-electron chi connectivity index (χ1n) is 11.8. The van der Waals surface area contributed by atoms with E-state index in [1.807, 2.05) is 0 Å². The van der Waals surface area contributed by atoms with E-state index in [-0.39, 0.29) is 12.1 Å². The molecule has 2 aromatic rings. The Hall–Kier alpha value is -3.30. The van der Waals surface area contributed by atoms with E-state index < -0.39 is 106 Å². The number of Topliss-reactive ketones (excluding diaryl/α,β-unsaturated/α-hetero) is 1. The van der Waals surface area contributed by atoms with E-state index in [2.05, 4.69) is 0 Å². The quantitative estimate of drug-likeness (QED) is 0.216. The van der Waals surface area contributed by atoms with Gasteiger partial charge in [-0.3, -0.25) is 9.59 Å². The summed E-state index contributed by atoms with van der Waals surface area (Å²) in [6.45, 7) is -0.808.